The smallest absolute Gasteiger partial charge is 0.0605 e. The molecular formula is C13H18ClN. The van der Waals surface area contributed by atoms with Gasteiger partial charge in [0.05, 0.1) is 6.54 Å². The molecule has 0 aromatic heterocycles. The van der Waals surface area contributed by atoms with Gasteiger partial charge in [-0.05, 0) is 25.2 Å². The van der Waals surface area contributed by atoms with E-state index in [1.807, 2.05) is 30.3 Å². The summed E-state index contributed by atoms with van der Waals surface area (Å²) in [4.78, 5) is 2.30. The Morgan fingerprint density at radius 3 is 2.20 bits per heavy atom. The molecule has 0 fully saturated rings. The molecular weight excluding hydrogens is 206 g/mol. The van der Waals surface area contributed by atoms with Crippen molar-refractivity contribution in [2.75, 3.05) is 19.6 Å². The summed E-state index contributed by atoms with van der Waals surface area (Å²) in [6, 6.07) is 10.1. The van der Waals surface area contributed by atoms with Crippen molar-refractivity contribution in [3.8, 4) is 11.8 Å². The predicted octanol–water partition coefficient (Wildman–Crippen LogP) is 2.80. The molecule has 1 rings (SSSR count). The van der Waals surface area contributed by atoms with Crippen LogP contribution in [0.2, 0.25) is 0 Å². The summed E-state index contributed by atoms with van der Waals surface area (Å²) in [5.74, 6) is 6.33. The largest absolute Gasteiger partial charge is 0.293 e. The van der Waals surface area contributed by atoms with Gasteiger partial charge in [0, 0.05) is 5.56 Å². The van der Waals surface area contributed by atoms with Gasteiger partial charge in [-0.25, -0.2) is 0 Å². The Morgan fingerprint density at radius 1 is 1.07 bits per heavy atom. The Morgan fingerprint density at radius 2 is 1.67 bits per heavy atom. The highest BCUT2D eigenvalue weighted by molar-refractivity contribution is 5.85. The molecule has 0 aliphatic rings. The SMILES string of the molecule is CCN(CC)CC#Cc1ccccc1.Cl. The third-order valence-electron chi connectivity index (χ3n) is 2.20. The van der Waals surface area contributed by atoms with E-state index in [0.717, 1.165) is 25.2 Å². The standard InChI is InChI=1S/C13H17N.ClH/c1-3-14(4-2)12-8-11-13-9-6-5-7-10-13;/h5-7,9-10H,3-4,12H2,1-2H3;1H. The maximum Gasteiger partial charge on any atom is 0.0605 e. The zero-order valence-corrected chi connectivity index (χ0v) is 10.2. The molecule has 0 spiro atoms. The van der Waals surface area contributed by atoms with Crippen molar-refractivity contribution < 1.29 is 0 Å². The van der Waals surface area contributed by atoms with Gasteiger partial charge in [-0.15, -0.1) is 12.4 Å². The van der Waals surface area contributed by atoms with Crippen molar-refractivity contribution in [1.29, 1.82) is 0 Å². The molecule has 0 unspecified atom stereocenters. The van der Waals surface area contributed by atoms with Crippen molar-refractivity contribution >= 4 is 12.4 Å². The number of halogens is 1. The first kappa shape index (κ1) is 14.0. The zero-order valence-electron chi connectivity index (χ0n) is 9.36. The van der Waals surface area contributed by atoms with Gasteiger partial charge >= 0.3 is 0 Å². The number of rotatable bonds is 3. The Bertz CT molecular complexity index is 306. The molecule has 0 atom stereocenters. The summed E-state index contributed by atoms with van der Waals surface area (Å²) >= 11 is 0. The lowest BCUT2D eigenvalue weighted by Crippen LogP contribution is -2.22. The van der Waals surface area contributed by atoms with E-state index in [4.69, 9.17) is 0 Å². The van der Waals surface area contributed by atoms with Gasteiger partial charge in [0.1, 0.15) is 0 Å². The van der Waals surface area contributed by atoms with Gasteiger partial charge in [0.2, 0.25) is 0 Å². The van der Waals surface area contributed by atoms with E-state index in [1.54, 1.807) is 0 Å². The Hall–Kier alpha value is -0.970. The molecule has 1 aromatic rings. The van der Waals surface area contributed by atoms with Crippen molar-refractivity contribution in [3.63, 3.8) is 0 Å². The summed E-state index contributed by atoms with van der Waals surface area (Å²) in [5.41, 5.74) is 1.10. The molecule has 0 bridgehead atoms. The summed E-state index contributed by atoms with van der Waals surface area (Å²) in [6.07, 6.45) is 0. The zero-order chi connectivity index (χ0) is 10.2. The Kier molecular flexibility index (Phi) is 7.81. The third-order valence-corrected chi connectivity index (χ3v) is 2.20. The van der Waals surface area contributed by atoms with Crippen LogP contribution in [-0.4, -0.2) is 24.5 Å². The summed E-state index contributed by atoms with van der Waals surface area (Å²) in [6.45, 7) is 7.32. The number of hydrogen-bond donors (Lipinski definition) is 0. The highest BCUT2D eigenvalue weighted by Crippen LogP contribution is 1.94. The first-order chi connectivity index (χ1) is 6.86. The molecule has 0 N–H and O–H groups in total. The lowest BCUT2D eigenvalue weighted by Gasteiger charge is -2.13. The van der Waals surface area contributed by atoms with Crippen LogP contribution >= 0.6 is 12.4 Å². The van der Waals surface area contributed by atoms with Crippen LogP contribution in [0.5, 0.6) is 0 Å². The lowest BCUT2D eigenvalue weighted by atomic mass is 10.2. The second-order valence-electron chi connectivity index (χ2n) is 3.13. The van der Waals surface area contributed by atoms with E-state index in [0.29, 0.717) is 0 Å². The van der Waals surface area contributed by atoms with Gasteiger partial charge < -0.3 is 0 Å². The second-order valence-corrected chi connectivity index (χ2v) is 3.13. The average Bonchev–Trinajstić information content (AvgIpc) is 2.26. The fraction of sp³-hybridized carbons (Fsp3) is 0.385. The van der Waals surface area contributed by atoms with Crippen LogP contribution in [0.25, 0.3) is 0 Å². The van der Waals surface area contributed by atoms with E-state index in [9.17, 15) is 0 Å². The summed E-state index contributed by atoms with van der Waals surface area (Å²) in [7, 11) is 0. The van der Waals surface area contributed by atoms with Crippen molar-refractivity contribution in [3.05, 3.63) is 35.9 Å². The highest BCUT2D eigenvalue weighted by Gasteiger charge is 1.92. The third kappa shape index (κ3) is 5.47. The molecule has 0 amide bonds. The van der Waals surface area contributed by atoms with Crippen LogP contribution in [0, 0.1) is 11.8 Å². The van der Waals surface area contributed by atoms with E-state index in [-0.39, 0.29) is 12.4 Å². The molecule has 0 saturated heterocycles. The number of nitrogens with zero attached hydrogens (tertiary/aromatic N) is 1. The van der Waals surface area contributed by atoms with Crippen molar-refractivity contribution in [2.24, 2.45) is 0 Å². The molecule has 0 heterocycles. The predicted molar refractivity (Wildman–Crippen MR) is 68.4 cm³/mol. The van der Waals surface area contributed by atoms with Crippen LogP contribution < -0.4 is 0 Å². The quantitative estimate of drug-likeness (QED) is 0.713. The van der Waals surface area contributed by atoms with Gasteiger partial charge in [-0.1, -0.05) is 43.9 Å². The molecule has 15 heavy (non-hydrogen) atoms. The molecule has 0 saturated carbocycles. The number of benzene rings is 1. The molecule has 1 aromatic carbocycles. The van der Waals surface area contributed by atoms with Crippen LogP contribution in [0.1, 0.15) is 19.4 Å². The van der Waals surface area contributed by atoms with Crippen molar-refractivity contribution in [1.82, 2.24) is 4.90 Å². The lowest BCUT2D eigenvalue weighted by molar-refractivity contribution is 0.342. The van der Waals surface area contributed by atoms with Crippen LogP contribution in [0.15, 0.2) is 30.3 Å². The molecule has 0 radical (unpaired) electrons. The molecule has 82 valence electrons. The first-order valence-corrected chi connectivity index (χ1v) is 5.13. The number of hydrogen-bond acceptors (Lipinski definition) is 1. The molecule has 1 nitrogen and oxygen atoms in total. The van der Waals surface area contributed by atoms with Gasteiger partial charge in [-0.2, -0.15) is 0 Å². The second kappa shape index (κ2) is 8.35. The monoisotopic (exact) mass is 223 g/mol. The van der Waals surface area contributed by atoms with Crippen molar-refractivity contribution in [2.45, 2.75) is 13.8 Å². The minimum Gasteiger partial charge on any atom is -0.293 e. The van der Waals surface area contributed by atoms with Gasteiger partial charge in [0.25, 0.3) is 0 Å². The van der Waals surface area contributed by atoms with E-state index in [2.05, 4.69) is 30.6 Å². The summed E-state index contributed by atoms with van der Waals surface area (Å²) < 4.78 is 0. The normalized spacial score (nSPS) is 9.00. The van der Waals surface area contributed by atoms with E-state index in [1.165, 1.54) is 0 Å². The fourth-order valence-corrected chi connectivity index (χ4v) is 1.22. The molecule has 0 aliphatic carbocycles. The topological polar surface area (TPSA) is 3.24 Å². The average molecular weight is 224 g/mol. The van der Waals surface area contributed by atoms with Crippen LogP contribution in [0.4, 0.5) is 0 Å². The van der Waals surface area contributed by atoms with Crippen LogP contribution in [0.3, 0.4) is 0 Å². The Labute approximate surface area is 98.9 Å². The molecule has 2 heteroatoms. The van der Waals surface area contributed by atoms with Gasteiger partial charge in [0.15, 0.2) is 0 Å². The fourth-order valence-electron chi connectivity index (χ4n) is 1.22. The van der Waals surface area contributed by atoms with Gasteiger partial charge in [-0.3, -0.25) is 4.90 Å². The highest BCUT2D eigenvalue weighted by atomic mass is 35.5. The maximum atomic E-state index is 3.18. The maximum absolute atomic E-state index is 3.18. The Balaban J connectivity index is 0.00000196. The molecule has 0 aliphatic heterocycles. The van der Waals surface area contributed by atoms with E-state index < -0.39 is 0 Å². The minimum atomic E-state index is 0. The van der Waals surface area contributed by atoms with E-state index >= 15 is 0 Å². The first-order valence-electron chi connectivity index (χ1n) is 5.13. The minimum absolute atomic E-state index is 0. The summed E-state index contributed by atoms with van der Waals surface area (Å²) in [5, 5.41) is 0. The van der Waals surface area contributed by atoms with Crippen LogP contribution in [-0.2, 0) is 0 Å².